The van der Waals surface area contributed by atoms with Crippen LogP contribution in [0.4, 0.5) is 0 Å². The molecule has 232 valence electrons. The molecule has 2 aromatic rings. The van der Waals surface area contributed by atoms with Gasteiger partial charge in [0.15, 0.2) is 0 Å². The van der Waals surface area contributed by atoms with Crippen molar-refractivity contribution in [3.05, 3.63) is 155 Å². The average Bonchev–Trinajstić information content (AvgIpc) is 3.01. The largest absolute Gasteiger partial charge is 0.399 e. The van der Waals surface area contributed by atoms with Crippen LogP contribution in [0.5, 0.6) is 0 Å². The van der Waals surface area contributed by atoms with Gasteiger partial charge in [0, 0.05) is 5.70 Å². The van der Waals surface area contributed by atoms with Gasteiger partial charge in [-0.05, 0) is 104 Å². The van der Waals surface area contributed by atoms with E-state index < -0.39 is 0 Å². The van der Waals surface area contributed by atoms with Crippen molar-refractivity contribution in [2.24, 2.45) is 11.5 Å². The van der Waals surface area contributed by atoms with Crippen molar-refractivity contribution in [3.8, 4) is 0 Å². The van der Waals surface area contributed by atoms with Crippen LogP contribution in [0.15, 0.2) is 133 Å². The van der Waals surface area contributed by atoms with Crippen LogP contribution in [0.2, 0.25) is 0 Å². The van der Waals surface area contributed by atoms with Gasteiger partial charge >= 0.3 is 0 Å². The van der Waals surface area contributed by atoms with Crippen molar-refractivity contribution < 1.29 is 0 Å². The van der Waals surface area contributed by atoms with E-state index in [1.54, 1.807) is 0 Å². The summed E-state index contributed by atoms with van der Waals surface area (Å²) in [6.45, 7) is 5.22. The maximum Gasteiger partial charge on any atom is 0.0642 e. The molecular formula is C41H53N3. The molecular weight excluding hydrogens is 534 g/mol. The third-order valence-corrected chi connectivity index (χ3v) is 7.61. The van der Waals surface area contributed by atoms with E-state index in [-0.39, 0.29) is 0 Å². The third-order valence-electron chi connectivity index (χ3n) is 7.61. The van der Waals surface area contributed by atoms with Crippen LogP contribution >= 0.6 is 0 Å². The van der Waals surface area contributed by atoms with Crippen molar-refractivity contribution in [1.29, 1.82) is 0 Å². The van der Waals surface area contributed by atoms with Gasteiger partial charge in [-0.2, -0.15) is 0 Å². The molecule has 0 bridgehead atoms. The molecule has 0 saturated carbocycles. The third kappa shape index (κ3) is 13.5. The number of benzene rings is 2. The second-order valence-corrected chi connectivity index (χ2v) is 11.5. The predicted octanol–water partition coefficient (Wildman–Crippen LogP) is 9.72. The molecule has 1 aliphatic rings. The highest BCUT2D eigenvalue weighted by Crippen LogP contribution is 2.22. The maximum absolute atomic E-state index is 6.34. The molecule has 0 aliphatic carbocycles. The molecule has 3 heteroatoms. The summed E-state index contributed by atoms with van der Waals surface area (Å²) in [6, 6.07) is 17.9. The molecule has 0 fully saturated rings. The van der Waals surface area contributed by atoms with Gasteiger partial charge in [-0.1, -0.05) is 135 Å². The quantitative estimate of drug-likeness (QED) is 0.113. The smallest absolute Gasteiger partial charge is 0.0642 e. The van der Waals surface area contributed by atoms with Gasteiger partial charge in [-0.3, -0.25) is 0 Å². The molecule has 0 amide bonds. The molecule has 1 unspecified atom stereocenters. The summed E-state index contributed by atoms with van der Waals surface area (Å²) in [5.41, 5.74) is 20.3. The van der Waals surface area contributed by atoms with Crippen LogP contribution in [0.1, 0.15) is 87.5 Å². The first-order valence-corrected chi connectivity index (χ1v) is 16.4. The summed E-state index contributed by atoms with van der Waals surface area (Å²) in [7, 11) is 0. The Morgan fingerprint density at radius 3 is 2.43 bits per heavy atom. The Kier molecular flexibility index (Phi) is 16.2. The first-order valence-electron chi connectivity index (χ1n) is 16.4. The highest BCUT2D eigenvalue weighted by Gasteiger charge is 2.05. The van der Waals surface area contributed by atoms with Gasteiger partial charge in [-0.25, -0.2) is 0 Å². The second kappa shape index (κ2) is 20.8. The summed E-state index contributed by atoms with van der Waals surface area (Å²) >= 11 is 0. The first kappa shape index (κ1) is 34.4. The number of allylic oxidation sites excluding steroid dienone is 11. The van der Waals surface area contributed by atoms with E-state index in [1.165, 1.54) is 53.5 Å². The molecule has 44 heavy (non-hydrogen) atoms. The molecule has 1 atom stereocenters. The molecule has 0 radical (unpaired) electrons. The van der Waals surface area contributed by atoms with Gasteiger partial charge < -0.3 is 16.8 Å². The van der Waals surface area contributed by atoms with Crippen molar-refractivity contribution >= 4 is 11.6 Å². The van der Waals surface area contributed by atoms with Crippen LogP contribution in [-0.2, 0) is 6.42 Å². The topological polar surface area (TPSA) is 64.1 Å². The summed E-state index contributed by atoms with van der Waals surface area (Å²) < 4.78 is 0. The predicted molar refractivity (Wildman–Crippen MR) is 194 cm³/mol. The Hall–Kier alpha value is -4.08. The summed E-state index contributed by atoms with van der Waals surface area (Å²) in [5.74, 6) is 0. The summed E-state index contributed by atoms with van der Waals surface area (Å²) in [5, 5.41) is 3.19. The lowest BCUT2D eigenvalue weighted by Crippen LogP contribution is -2.27. The minimum atomic E-state index is 0.329. The second-order valence-electron chi connectivity index (χ2n) is 11.5. The highest BCUT2D eigenvalue weighted by molar-refractivity contribution is 5.74. The van der Waals surface area contributed by atoms with Gasteiger partial charge in [0.1, 0.15) is 0 Å². The first-order chi connectivity index (χ1) is 21.6. The van der Waals surface area contributed by atoms with Crippen molar-refractivity contribution in [2.45, 2.75) is 77.7 Å². The van der Waals surface area contributed by atoms with E-state index in [1.807, 2.05) is 24.4 Å². The lowest BCUT2D eigenvalue weighted by Gasteiger charge is -2.15. The fourth-order valence-electron chi connectivity index (χ4n) is 4.86. The normalized spacial score (nSPS) is 16.1. The van der Waals surface area contributed by atoms with Crippen LogP contribution < -0.4 is 16.8 Å². The monoisotopic (exact) mass is 587 g/mol. The van der Waals surface area contributed by atoms with E-state index >= 15 is 0 Å². The van der Waals surface area contributed by atoms with E-state index in [4.69, 9.17) is 11.5 Å². The van der Waals surface area contributed by atoms with Crippen LogP contribution in [0.3, 0.4) is 0 Å². The maximum atomic E-state index is 6.34. The van der Waals surface area contributed by atoms with Gasteiger partial charge in [0.25, 0.3) is 0 Å². The molecule has 1 aliphatic heterocycles. The number of rotatable bonds is 19. The molecule has 3 nitrogen and oxygen atoms in total. The van der Waals surface area contributed by atoms with Crippen LogP contribution in [0.25, 0.3) is 11.6 Å². The Morgan fingerprint density at radius 1 is 0.886 bits per heavy atom. The number of nitrogens with two attached hydrogens (primary N) is 2. The van der Waals surface area contributed by atoms with Crippen LogP contribution in [-0.4, -0.2) is 12.6 Å². The zero-order valence-corrected chi connectivity index (χ0v) is 26.9. The lowest BCUT2D eigenvalue weighted by atomic mass is 9.96. The number of nitrogens with one attached hydrogen (secondary N) is 1. The van der Waals surface area contributed by atoms with E-state index in [0.717, 1.165) is 49.9 Å². The summed E-state index contributed by atoms with van der Waals surface area (Å²) in [4.78, 5) is 0. The molecule has 3 rings (SSSR count). The number of unbranched alkanes of at least 4 members (excludes halogenated alkanes) is 5. The molecule has 0 spiro atoms. The van der Waals surface area contributed by atoms with Crippen molar-refractivity contribution in [2.75, 3.05) is 6.54 Å². The van der Waals surface area contributed by atoms with Crippen molar-refractivity contribution in [1.82, 2.24) is 5.32 Å². The molecule has 5 N–H and O–H groups in total. The van der Waals surface area contributed by atoms with Gasteiger partial charge in [0.2, 0.25) is 0 Å². The number of hydrogen-bond donors (Lipinski definition) is 3. The standard InChI is InChI=1S/C41H53N3/c1-3-4-5-10-17-34(2)23-26-36(18-11-8-6-7-9-16-30-42)37-27-24-35(25-28-37)32-38-19-12-13-20-39(38)33-40(43)21-14-15-22-41-29-31-44-41/h5,10-15,17-22,24-29,31,33,41,44H,3-4,6-9,16,23,30,32,42-43H2,1-2H3/b10-5-,18-11+,21-14+,22-15-,34-17-,36-26+,40-33-. The minimum absolute atomic E-state index is 0.329. The Morgan fingerprint density at radius 2 is 1.68 bits per heavy atom. The lowest BCUT2D eigenvalue weighted by molar-refractivity contribution is 0.653. The zero-order chi connectivity index (χ0) is 31.2. The molecule has 1 heterocycles. The molecule has 0 saturated heterocycles. The van der Waals surface area contributed by atoms with E-state index in [9.17, 15) is 0 Å². The van der Waals surface area contributed by atoms with Crippen LogP contribution in [0, 0.1) is 0 Å². The Balaban J connectivity index is 1.70. The number of hydrogen-bond acceptors (Lipinski definition) is 3. The minimum Gasteiger partial charge on any atom is -0.399 e. The van der Waals surface area contributed by atoms with Crippen molar-refractivity contribution in [3.63, 3.8) is 0 Å². The average molecular weight is 588 g/mol. The SMILES string of the molecule is CCC/C=C\C=C(\C)C/C=C(\C=C\CCCCCCN)c1ccc(Cc2ccccc2/C=C(N)/C=C/C=C\C2C=CN2)cc1. The van der Waals surface area contributed by atoms with Gasteiger partial charge in [0.05, 0.1) is 6.04 Å². The Labute approximate surface area is 267 Å². The van der Waals surface area contributed by atoms with E-state index in [0.29, 0.717) is 6.04 Å². The van der Waals surface area contributed by atoms with E-state index in [2.05, 4.69) is 122 Å². The fourth-order valence-corrected chi connectivity index (χ4v) is 4.86. The fraction of sp³-hybridized carbons (Fsp3) is 0.317. The highest BCUT2D eigenvalue weighted by atomic mass is 14.9. The molecule has 2 aromatic carbocycles. The zero-order valence-electron chi connectivity index (χ0n) is 26.9. The molecule has 0 aromatic heterocycles. The van der Waals surface area contributed by atoms with Gasteiger partial charge in [-0.15, -0.1) is 0 Å². The Bertz CT molecular complexity index is 1360. The summed E-state index contributed by atoms with van der Waals surface area (Å²) in [6.07, 6.45) is 37.9.